The number of hydrogen-bond acceptors (Lipinski definition) is 3. The number of ether oxygens (including phenoxy) is 1. The zero-order valence-electron chi connectivity index (χ0n) is 12.6. The van der Waals surface area contributed by atoms with Gasteiger partial charge in [-0.05, 0) is 42.3 Å². The Morgan fingerprint density at radius 3 is 2.71 bits per heavy atom. The standard InChI is InChI=1S/C17H22BrNO2/c1-13(2)9-19-10-16-6-7-17(21-16)12-20-11-14-4-3-5-15(18)8-14/h3-8,13,19H,9-12H2,1-2H3. The summed E-state index contributed by atoms with van der Waals surface area (Å²) < 4.78 is 12.5. The maximum absolute atomic E-state index is 5.73. The molecule has 0 spiro atoms. The fourth-order valence-electron chi connectivity index (χ4n) is 1.98. The van der Waals surface area contributed by atoms with E-state index in [2.05, 4.69) is 41.2 Å². The highest BCUT2D eigenvalue weighted by Crippen LogP contribution is 2.14. The van der Waals surface area contributed by atoms with Gasteiger partial charge in [0.1, 0.15) is 18.1 Å². The first-order valence-corrected chi connectivity index (χ1v) is 8.03. The molecule has 1 aromatic carbocycles. The lowest BCUT2D eigenvalue weighted by molar-refractivity contribution is 0.0919. The summed E-state index contributed by atoms with van der Waals surface area (Å²) in [6.07, 6.45) is 0. The molecule has 0 saturated carbocycles. The molecule has 0 fully saturated rings. The summed E-state index contributed by atoms with van der Waals surface area (Å²) in [4.78, 5) is 0. The molecule has 0 bridgehead atoms. The maximum Gasteiger partial charge on any atom is 0.129 e. The van der Waals surface area contributed by atoms with Gasteiger partial charge in [0.2, 0.25) is 0 Å². The number of benzene rings is 1. The number of halogens is 1. The highest BCUT2D eigenvalue weighted by molar-refractivity contribution is 9.10. The average Bonchev–Trinajstić information content (AvgIpc) is 2.86. The van der Waals surface area contributed by atoms with E-state index in [-0.39, 0.29) is 0 Å². The number of nitrogens with one attached hydrogen (secondary N) is 1. The lowest BCUT2D eigenvalue weighted by Crippen LogP contribution is -2.18. The van der Waals surface area contributed by atoms with Gasteiger partial charge in [0.05, 0.1) is 13.2 Å². The van der Waals surface area contributed by atoms with Gasteiger partial charge in [-0.1, -0.05) is 41.9 Å². The summed E-state index contributed by atoms with van der Waals surface area (Å²) in [5, 5.41) is 3.36. The Morgan fingerprint density at radius 1 is 1.14 bits per heavy atom. The highest BCUT2D eigenvalue weighted by atomic mass is 79.9. The van der Waals surface area contributed by atoms with Crippen LogP contribution in [0.3, 0.4) is 0 Å². The molecular formula is C17H22BrNO2. The SMILES string of the molecule is CC(C)CNCc1ccc(COCc2cccc(Br)c2)o1. The van der Waals surface area contributed by atoms with Crippen LogP contribution in [0.25, 0.3) is 0 Å². The van der Waals surface area contributed by atoms with Gasteiger partial charge in [0.15, 0.2) is 0 Å². The molecule has 1 N–H and O–H groups in total. The topological polar surface area (TPSA) is 34.4 Å². The van der Waals surface area contributed by atoms with Crippen molar-refractivity contribution < 1.29 is 9.15 Å². The van der Waals surface area contributed by atoms with Crippen LogP contribution in [0.5, 0.6) is 0 Å². The normalized spacial score (nSPS) is 11.2. The van der Waals surface area contributed by atoms with Gasteiger partial charge >= 0.3 is 0 Å². The fraction of sp³-hybridized carbons (Fsp3) is 0.412. The number of hydrogen-bond donors (Lipinski definition) is 1. The largest absolute Gasteiger partial charge is 0.462 e. The van der Waals surface area contributed by atoms with Crippen molar-refractivity contribution in [3.63, 3.8) is 0 Å². The molecule has 3 nitrogen and oxygen atoms in total. The van der Waals surface area contributed by atoms with Crippen molar-refractivity contribution in [1.29, 1.82) is 0 Å². The van der Waals surface area contributed by atoms with E-state index < -0.39 is 0 Å². The summed E-state index contributed by atoms with van der Waals surface area (Å²) in [5.74, 6) is 2.47. The molecule has 0 atom stereocenters. The smallest absolute Gasteiger partial charge is 0.129 e. The molecule has 0 radical (unpaired) electrons. The van der Waals surface area contributed by atoms with Crippen LogP contribution in [0, 0.1) is 5.92 Å². The molecule has 0 aliphatic heterocycles. The Bertz CT molecular complexity index is 551. The van der Waals surface area contributed by atoms with Crippen LogP contribution in [0.1, 0.15) is 30.9 Å². The molecule has 0 saturated heterocycles. The van der Waals surface area contributed by atoms with E-state index in [1.807, 2.05) is 30.3 Å². The van der Waals surface area contributed by atoms with Crippen molar-refractivity contribution in [2.75, 3.05) is 6.54 Å². The van der Waals surface area contributed by atoms with Crippen LogP contribution in [0.2, 0.25) is 0 Å². The van der Waals surface area contributed by atoms with E-state index in [4.69, 9.17) is 9.15 Å². The minimum atomic E-state index is 0.497. The van der Waals surface area contributed by atoms with Crippen LogP contribution in [-0.2, 0) is 24.5 Å². The average molecular weight is 352 g/mol. The minimum absolute atomic E-state index is 0.497. The Kier molecular flexibility index (Phi) is 6.49. The molecule has 0 aliphatic carbocycles. The highest BCUT2D eigenvalue weighted by Gasteiger charge is 2.03. The minimum Gasteiger partial charge on any atom is -0.462 e. The number of furan rings is 1. The van der Waals surface area contributed by atoms with Gasteiger partial charge in [-0.3, -0.25) is 0 Å². The van der Waals surface area contributed by atoms with Gasteiger partial charge in [-0.15, -0.1) is 0 Å². The Labute approximate surface area is 134 Å². The second kappa shape index (κ2) is 8.37. The zero-order valence-corrected chi connectivity index (χ0v) is 14.2. The number of rotatable bonds is 8. The Balaban J connectivity index is 1.72. The van der Waals surface area contributed by atoms with Crippen molar-refractivity contribution in [2.45, 2.75) is 33.6 Å². The third kappa shape index (κ3) is 6.04. The predicted octanol–water partition coefficient (Wildman–Crippen LogP) is 4.50. The molecule has 0 unspecified atom stereocenters. The Hall–Kier alpha value is -1.10. The van der Waals surface area contributed by atoms with E-state index in [0.717, 1.165) is 34.6 Å². The maximum atomic E-state index is 5.73. The van der Waals surface area contributed by atoms with Gasteiger partial charge in [-0.2, -0.15) is 0 Å². The van der Waals surface area contributed by atoms with Gasteiger partial charge in [0.25, 0.3) is 0 Å². The van der Waals surface area contributed by atoms with Crippen LogP contribution in [0.4, 0.5) is 0 Å². The third-order valence-corrected chi connectivity index (χ3v) is 3.46. The second-order valence-corrected chi connectivity index (χ2v) is 6.43. The van der Waals surface area contributed by atoms with Crippen LogP contribution < -0.4 is 5.32 Å². The van der Waals surface area contributed by atoms with E-state index in [1.165, 1.54) is 0 Å². The van der Waals surface area contributed by atoms with E-state index in [1.54, 1.807) is 0 Å². The second-order valence-electron chi connectivity index (χ2n) is 5.52. The molecule has 0 amide bonds. The van der Waals surface area contributed by atoms with Gasteiger partial charge in [-0.25, -0.2) is 0 Å². The van der Waals surface area contributed by atoms with Crippen molar-refractivity contribution in [3.8, 4) is 0 Å². The van der Waals surface area contributed by atoms with Crippen LogP contribution in [0.15, 0.2) is 45.3 Å². The predicted molar refractivity (Wildman–Crippen MR) is 87.9 cm³/mol. The van der Waals surface area contributed by atoms with Crippen molar-refractivity contribution >= 4 is 15.9 Å². The summed E-state index contributed by atoms with van der Waals surface area (Å²) in [6.45, 7) is 7.23. The molecule has 114 valence electrons. The first-order valence-electron chi connectivity index (χ1n) is 7.24. The van der Waals surface area contributed by atoms with Gasteiger partial charge in [0, 0.05) is 4.47 Å². The third-order valence-electron chi connectivity index (χ3n) is 2.97. The Morgan fingerprint density at radius 2 is 1.95 bits per heavy atom. The molecule has 2 aromatic rings. The zero-order chi connectivity index (χ0) is 15.1. The molecular weight excluding hydrogens is 330 g/mol. The van der Waals surface area contributed by atoms with Crippen molar-refractivity contribution in [1.82, 2.24) is 5.32 Å². The van der Waals surface area contributed by atoms with E-state index >= 15 is 0 Å². The summed E-state index contributed by atoms with van der Waals surface area (Å²) in [6, 6.07) is 12.1. The molecule has 21 heavy (non-hydrogen) atoms. The van der Waals surface area contributed by atoms with Gasteiger partial charge < -0.3 is 14.5 Å². The van der Waals surface area contributed by atoms with E-state index in [0.29, 0.717) is 19.1 Å². The summed E-state index contributed by atoms with van der Waals surface area (Å²) in [7, 11) is 0. The first kappa shape index (κ1) is 16.3. The lowest BCUT2D eigenvalue weighted by atomic mass is 10.2. The summed E-state index contributed by atoms with van der Waals surface area (Å²) >= 11 is 3.46. The lowest BCUT2D eigenvalue weighted by Gasteiger charge is -2.05. The fourth-order valence-corrected chi connectivity index (χ4v) is 2.42. The molecule has 1 aromatic heterocycles. The van der Waals surface area contributed by atoms with Crippen LogP contribution >= 0.6 is 15.9 Å². The summed E-state index contributed by atoms with van der Waals surface area (Å²) in [5.41, 5.74) is 1.15. The first-order chi connectivity index (χ1) is 10.1. The molecule has 1 heterocycles. The quantitative estimate of drug-likeness (QED) is 0.759. The monoisotopic (exact) mass is 351 g/mol. The van der Waals surface area contributed by atoms with Crippen molar-refractivity contribution in [3.05, 3.63) is 58.0 Å². The molecule has 0 aliphatic rings. The van der Waals surface area contributed by atoms with Crippen molar-refractivity contribution in [2.24, 2.45) is 5.92 Å². The molecule has 2 rings (SSSR count). The van der Waals surface area contributed by atoms with E-state index in [9.17, 15) is 0 Å². The van der Waals surface area contributed by atoms with Crippen LogP contribution in [-0.4, -0.2) is 6.54 Å². The molecule has 4 heteroatoms.